The topological polar surface area (TPSA) is 34.1 Å². The van der Waals surface area contributed by atoms with E-state index in [-0.39, 0.29) is 0 Å². The molecule has 6 heteroatoms. The number of allylic oxidation sites excluding steroid dienone is 4. The average Bonchev–Trinajstić information content (AvgIpc) is 2.97. The maximum absolute atomic E-state index is 14.2. The number of rotatable bonds is 3. The van der Waals surface area contributed by atoms with Gasteiger partial charge in [-0.25, -0.2) is 17.2 Å². The van der Waals surface area contributed by atoms with E-state index in [0.717, 1.165) is 40.7 Å². The van der Waals surface area contributed by atoms with Gasteiger partial charge in [0.05, 0.1) is 0 Å². The molecule has 2 aromatic carbocycles. The third kappa shape index (κ3) is 3.39. The second-order valence-electron chi connectivity index (χ2n) is 6.00. The lowest BCUT2D eigenvalue weighted by Crippen LogP contribution is -2.05. The highest BCUT2D eigenvalue weighted by atomic mass is 35.5. The van der Waals surface area contributed by atoms with Crippen LogP contribution in [0.3, 0.4) is 0 Å². The van der Waals surface area contributed by atoms with Gasteiger partial charge in [0.1, 0.15) is 16.5 Å². The molecule has 0 fully saturated rings. The van der Waals surface area contributed by atoms with Gasteiger partial charge in [-0.3, -0.25) is 0 Å². The van der Waals surface area contributed by atoms with Crippen molar-refractivity contribution in [3.05, 3.63) is 75.8 Å². The van der Waals surface area contributed by atoms with E-state index in [4.69, 9.17) is 11.6 Å². The smallest absolute Gasteiger partial charge is 0.181 e. The molecular weight excluding hydrogens is 366 g/mol. The Kier molecular flexibility index (Phi) is 4.56. The third-order valence-electron chi connectivity index (χ3n) is 4.12. The molecule has 0 heterocycles. The lowest BCUT2D eigenvalue weighted by atomic mass is 9.95. The molecule has 0 atom stereocenters. The van der Waals surface area contributed by atoms with E-state index < -0.39 is 26.4 Å². The first kappa shape index (κ1) is 17.8. The zero-order valence-corrected chi connectivity index (χ0v) is 15.2. The first-order valence-electron chi connectivity index (χ1n) is 7.54. The molecule has 0 saturated carbocycles. The molecule has 0 aromatic heterocycles. The van der Waals surface area contributed by atoms with Crippen LogP contribution in [0.1, 0.15) is 23.1 Å². The molecule has 0 bridgehead atoms. The number of hydrogen-bond acceptors (Lipinski definition) is 2. The highest BCUT2D eigenvalue weighted by Gasteiger charge is 2.23. The predicted molar refractivity (Wildman–Crippen MR) is 96.2 cm³/mol. The summed E-state index contributed by atoms with van der Waals surface area (Å²) in [5.74, 6) is -2.16. The number of sulfone groups is 1. The van der Waals surface area contributed by atoms with Gasteiger partial charge in [-0.1, -0.05) is 29.8 Å². The minimum absolute atomic E-state index is 0.329. The Balaban J connectivity index is 2.16. The Labute approximate surface area is 150 Å². The fourth-order valence-corrected chi connectivity index (χ4v) is 3.89. The number of benzene rings is 2. The molecule has 3 rings (SSSR count). The first-order chi connectivity index (χ1) is 11.7. The van der Waals surface area contributed by atoms with E-state index in [1.165, 1.54) is 0 Å². The van der Waals surface area contributed by atoms with Gasteiger partial charge in [0.25, 0.3) is 0 Å². The van der Waals surface area contributed by atoms with Crippen LogP contribution in [0.15, 0.2) is 47.4 Å². The Hall–Kier alpha value is -1.98. The van der Waals surface area contributed by atoms with Crippen molar-refractivity contribution in [3.63, 3.8) is 0 Å². The van der Waals surface area contributed by atoms with Crippen LogP contribution in [0.25, 0.3) is 11.1 Å². The molecule has 0 aliphatic heterocycles. The van der Waals surface area contributed by atoms with Gasteiger partial charge in [0, 0.05) is 11.3 Å². The van der Waals surface area contributed by atoms with E-state index in [1.807, 2.05) is 31.2 Å². The summed E-state index contributed by atoms with van der Waals surface area (Å²) in [6.45, 7) is 1.88. The summed E-state index contributed by atoms with van der Waals surface area (Å²) in [5.41, 5.74) is 3.69. The largest absolute Gasteiger partial charge is 0.224 e. The van der Waals surface area contributed by atoms with E-state index in [0.29, 0.717) is 17.0 Å². The van der Waals surface area contributed by atoms with Gasteiger partial charge in [0.15, 0.2) is 9.84 Å². The van der Waals surface area contributed by atoms with Crippen LogP contribution in [0.4, 0.5) is 8.78 Å². The summed E-state index contributed by atoms with van der Waals surface area (Å²) in [6.07, 6.45) is 5.08. The third-order valence-corrected chi connectivity index (χ3v) is 5.67. The summed E-state index contributed by atoms with van der Waals surface area (Å²) < 4.78 is 51.5. The average molecular weight is 381 g/mol. The summed E-state index contributed by atoms with van der Waals surface area (Å²) in [7, 11) is -3.98. The molecular formula is C19H15ClF2O2S. The van der Waals surface area contributed by atoms with Crippen molar-refractivity contribution in [1.29, 1.82) is 0 Å². The SMILES string of the molecule is Cc1cc(C2=C(c3cc(F)c(S(C)(=O)=O)c(F)c3)CC=C2)ccc1Cl. The molecule has 2 nitrogen and oxygen atoms in total. The molecule has 0 saturated heterocycles. The standard InChI is InChI=1S/C19H15ClF2O2S/c1-11-8-12(6-7-16(11)20)14-4-3-5-15(14)13-9-17(21)19(18(22)10-13)25(2,23)24/h3-4,6-10H,5H2,1-2H3. The van der Waals surface area contributed by atoms with Gasteiger partial charge in [-0.15, -0.1) is 0 Å². The normalized spacial score (nSPS) is 14.4. The van der Waals surface area contributed by atoms with Gasteiger partial charge in [0.2, 0.25) is 0 Å². The zero-order chi connectivity index (χ0) is 18.4. The van der Waals surface area contributed by atoms with Crippen molar-refractivity contribution < 1.29 is 17.2 Å². The first-order valence-corrected chi connectivity index (χ1v) is 9.81. The molecule has 0 amide bonds. The molecule has 0 N–H and O–H groups in total. The lowest BCUT2D eigenvalue weighted by Gasteiger charge is -2.12. The van der Waals surface area contributed by atoms with Crippen LogP contribution in [0.2, 0.25) is 5.02 Å². The van der Waals surface area contributed by atoms with Crippen molar-refractivity contribution >= 4 is 32.6 Å². The van der Waals surface area contributed by atoms with Crippen LogP contribution in [0.5, 0.6) is 0 Å². The van der Waals surface area contributed by atoms with Crippen molar-refractivity contribution in [2.75, 3.05) is 6.26 Å². The highest BCUT2D eigenvalue weighted by molar-refractivity contribution is 7.90. The van der Waals surface area contributed by atoms with Crippen LogP contribution >= 0.6 is 11.6 Å². The molecule has 0 unspecified atom stereocenters. The zero-order valence-electron chi connectivity index (χ0n) is 13.6. The number of aryl methyl sites for hydroxylation is 1. The van der Waals surface area contributed by atoms with Crippen molar-refractivity contribution in [3.8, 4) is 0 Å². The van der Waals surface area contributed by atoms with Crippen LogP contribution in [-0.2, 0) is 9.84 Å². The van der Waals surface area contributed by atoms with E-state index in [9.17, 15) is 17.2 Å². The van der Waals surface area contributed by atoms with Gasteiger partial charge in [-0.2, -0.15) is 0 Å². The summed E-state index contributed by atoms with van der Waals surface area (Å²) in [4.78, 5) is -0.897. The Morgan fingerprint density at radius 2 is 1.68 bits per heavy atom. The highest BCUT2D eigenvalue weighted by Crippen LogP contribution is 2.37. The van der Waals surface area contributed by atoms with E-state index >= 15 is 0 Å². The lowest BCUT2D eigenvalue weighted by molar-refractivity contribution is 0.520. The van der Waals surface area contributed by atoms with E-state index in [2.05, 4.69) is 0 Å². The number of halogens is 3. The molecule has 0 spiro atoms. The molecule has 130 valence electrons. The van der Waals surface area contributed by atoms with Crippen molar-refractivity contribution in [2.24, 2.45) is 0 Å². The van der Waals surface area contributed by atoms with Crippen LogP contribution < -0.4 is 0 Å². The maximum Gasteiger partial charge on any atom is 0.181 e. The van der Waals surface area contributed by atoms with Crippen LogP contribution in [-0.4, -0.2) is 14.7 Å². The molecule has 1 aliphatic rings. The quantitative estimate of drug-likeness (QED) is 0.733. The fourth-order valence-electron chi connectivity index (χ4n) is 2.95. The summed E-state index contributed by atoms with van der Waals surface area (Å²) in [6, 6.07) is 7.68. The molecule has 0 radical (unpaired) electrons. The Morgan fingerprint density at radius 1 is 1.04 bits per heavy atom. The fraction of sp³-hybridized carbons (Fsp3) is 0.158. The monoisotopic (exact) mass is 380 g/mol. The van der Waals surface area contributed by atoms with Gasteiger partial charge >= 0.3 is 0 Å². The minimum atomic E-state index is -3.98. The van der Waals surface area contributed by atoms with E-state index in [1.54, 1.807) is 6.07 Å². The van der Waals surface area contributed by atoms with Crippen molar-refractivity contribution in [1.82, 2.24) is 0 Å². The molecule has 2 aromatic rings. The molecule has 1 aliphatic carbocycles. The van der Waals surface area contributed by atoms with Crippen LogP contribution in [0, 0.1) is 18.6 Å². The molecule has 25 heavy (non-hydrogen) atoms. The predicted octanol–water partition coefficient (Wildman–Crippen LogP) is 5.20. The summed E-state index contributed by atoms with van der Waals surface area (Å²) in [5, 5.41) is 0.641. The Morgan fingerprint density at radius 3 is 2.24 bits per heavy atom. The Bertz CT molecular complexity index is 1010. The maximum atomic E-state index is 14.2. The second kappa shape index (κ2) is 6.39. The number of hydrogen-bond donors (Lipinski definition) is 0. The summed E-state index contributed by atoms with van der Waals surface area (Å²) >= 11 is 6.05. The minimum Gasteiger partial charge on any atom is -0.224 e. The second-order valence-corrected chi connectivity index (χ2v) is 8.36. The van der Waals surface area contributed by atoms with Crippen molar-refractivity contribution in [2.45, 2.75) is 18.2 Å². The van der Waals surface area contributed by atoms with Gasteiger partial charge in [-0.05, 0) is 65.4 Å². The van der Waals surface area contributed by atoms with Gasteiger partial charge < -0.3 is 0 Å².